The maximum atomic E-state index is 12.8. The second-order valence-electron chi connectivity index (χ2n) is 6.44. The van der Waals surface area contributed by atoms with E-state index in [1.165, 1.54) is 20.1 Å². The lowest BCUT2D eigenvalue weighted by atomic mass is 9.99. The lowest BCUT2D eigenvalue weighted by Gasteiger charge is -2.12. The van der Waals surface area contributed by atoms with E-state index in [-0.39, 0.29) is 11.3 Å². The molecule has 0 fully saturated rings. The summed E-state index contributed by atoms with van der Waals surface area (Å²) < 4.78 is 10.5. The molecule has 29 heavy (non-hydrogen) atoms. The lowest BCUT2D eigenvalue weighted by Crippen LogP contribution is -2.11. The molecule has 0 aliphatic heterocycles. The molecule has 6 heteroatoms. The van der Waals surface area contributed by atoms with Crippen molar-refractivity contribution in [2.75, 3.05) is 7.11 Å². The lowest BCUT2D eigenvalue weighted by molar-refractivity contribution is -0.132. The molecule has 0 saturated carbocycles. The predicted octanol–water partition coefficient (Wildman–Crippen LogP) is 4.19. The van der Waals surface area contributed by atoms with Crippen molar-refractivity contribution in [2.24, 2.45) is 0 Å². The molecule has 0 bridgehead atoms. The number of hydrogen-bond acceptors (Lipinski definition) is 5. The van der Waals surface area contributed by atoms with Crippen LogP contribution < -0.4 is 15.0 Å². The average molecular weight is 386 g/mol. The summed E-state index contributed by atoms with van der Waals surface area (Å²) in [7, 11) is 1.47. The third kappa shape index (κ3) is 3.60. The van der Waals surface area contributed by atoms with E-state index in [9.17, 15) is 9.59 Å². The Morgan fingerprint density at radius 3 is 2.31 bits per heavy atom. The molecule has 0 spiro atoms. The number of esters is 1. The highest BCUT2D eigenvalue weighted by Gasteiger charge is 2.15. The van der Waals surface area contributed by atoms with Crippen LogP contribution in [-0.4, -0.2) is 23.0 Å². The van der Waals surface area contributed by atoms with Gasteiger partial charge in [-0.05, 0) is 17.2 Å². The Bertz CT molecular complexity index is 1260. The highest BCUT2D eigenvalue weighted by molar-refractivity contribution is 5.87. The number of ether oxygens (including phenoxy) is 2. The van der Waals surface area contributed by atoms with E-state index in [0.717, 1.165) is 16.7 Å². The number of aromatic amines is 1. The highest BCUT2D eigenvalue weighted by Crippen LogP contribution is 2.33. The van der Waals surface area contributed by atoms with Crippen molar-refractivity contribution in [3.8, 4) is 34.0 Å². The van der Waals surface area contributed by atoms with Gasteiger partial charge in [0.05, 0.1) is 18.0 Å². The summed E-state index contributed by atoms with van der Waals surface area (Å²) in [4.78, 5) is 31.6. The minimum atomic E-state index is -0.500. The van der Waals surface area contributed by atoms with Gasteiger partial charge in [0.2, 0.25) is 0 Å². The Morgan fingerprint density at radius 2 is 1.62 bits per heavy atom. The van der Waals surface area contributed by atoms with Crippen LogP contribution in [0.4, 0.5) is 0 Å². The van der Waals surface area contributed by atoms with Crippen LogP contribution in [-0.2, 0) is 4.79 Å². The Morgan fingerprint density at radius 1 is 0.931 bits per heavy atom. The van der Waals surface area contributed by atoms with Crippen LogP contribution in [0.2, 0.25) is 0 Å². The van der Waals surface area contributed by atoms with Crippen molar-refractivity contribution >= 4 is 16.9 Å². The van der Waals surface area contributed by atoms with Gasteiger partial charge >= 0.3 is 5.97 Å². The summed E-state index contributed by atoms with van der Waals surface area (Å²) in [5.41, 5.74) is 2.90. The number of rotatable bonds is 4. The fourth-order valence-electron chi connectivity index (χ4n) is 3.23. The summed E-state index contributed by atoms with van der Waals surface area (Å²) in [5, 5.41) is 0.308. The third-order valence-electron chi connectivity index (χ3n) is 4.51. The van der Waals surface area contributed by atoms with Gasteiger partial charge in [-0.1, -0.05) is 54.6 Å². The Balaban J connectivity index is 1.91. The second kappa shape index (κ2) is 7.59. The van der Waals surface area contributed by atoms with E-state index in [1.807, 2.05) is 54.6 Å². The number of aromatic nitrogens is 2. The molecule has 0 atom stereocenters. The van der Waals surface area contributed by atoms with Gasteiger partial charge in [-0.15, -0.1) is 0 Å². The van der Waals surface area contributed by atoms with Crippen molar-refractivity contribution in [1.82, 2.24) is 9.97 Å². The van der Waals surface area contributed by atoms with Gasteiger partial charge in [0.15, 0.2) is 11.5 Å². The third-order valence-corrected chi connectivity index (χ3v) is 4.51. The van der Waals surface area contributed by atoms with Gasteiger partial charge in [0.25, 0.3) is 5.56 Å². The van der Waals surface area contributed by atoms with Crippen molar-refractivity contribution in [3.05, 3.63) is 77.1 Å². The first-order valence-electron chi connectivity index (χ1n) is 9.02. The first-order valence-corrected chi connectivity index (χ1v) is 9.02. The van der Waals surface area contributed by atoms with E-state index >= 15 is 0 Å². The van der Waals surface area contributed by atoms with Gasteiger partial charge in [0, 0.05) is 18.6 Å². The largest absolute Gasteiger partial charge is 0.493 e. The molecule has 1 heterocycles. The number of fused-ring (bicyclic) bond motifs is 1. The standard InChI is InChI=1S/C23H18N2O4/c1-14(26)29-21-12-18-19(13-20(21)28-2)24-22(25-23(18)27)17-11-7-6-10-16(17)15-8-4-3-5-9-15/h3-13H,1-2H3,(H,24,25,27). The topological polar surface area (TPSA) is 81.3 Å². The summed E-state index contributed by atoms with van der Waals surface area (Å²) in [5.74, 6) is 0.454. The number of nitrogens with one attached hydrogen (secondary N) is 1. The smallest absolute Gasteiger partial charge is 0.308 e. The molecule has 0 aliphatic carbocycles. The predicted molar refractivity (Wildman–Crippen MR) is 111 cm³/mol. The Hall–Kier alpha value is -3.93. The number of carbonyl (C=O) groups excluding carboxylic acids is 1. The zero-order valence-corrected chi connectivity index (χ0v) is 15.9. The van der Waals surface area contributed by atoms with E-state index < -0.39 is 5.97 Å². The molecule has 1 aromatic heterocycles. The molecule has 0 radical (unpaired) electrons. The average Bonchev–Trinajstić information content (AvgIpc) is 2.74. The maximum absolute atomic E-state index is 12.8. The number of H-pyrrole nitrogens is 1. The van der Waals surface area contributed by atoms with Crippen molar-refractivity contribution < 1.29 is 14.3 Å². The van der Waals surface area contributed by atoms with Crippen molar-refractivity contribution in [1.29, 1.82) is 0 Å². The first kappa shape index (κ1) is 18.4. The molecule has 0 amide bonds. The van der Waals surface area contributed by atoms with E-state index in [4.69, 9.17) is 9.47 Å². The molecular weight excluding hydrogens is 368 g/mol. The summed E-state index contributed by atoms with van der Waals surface area (Å²) in [6.45, 7) is 1.29. The fourth-order valence-corrected chi connectivity index (χ4v) is 3.23. The van der Waals surface area contributed by atoms with Crippen molar-refractivity contribution in [3.63, 3.8) is 0 Å². The number of carbonyl (C=O) groups is 1. The summed E-state index contributed by atoms with van der Waals surface area (Å²) in [6.07, 6.45) is 0. The SMILES string of the molecule is COc1cc2nc(-c3ccccc3-c3ccccc3)[nH]c(=O)c2cc1OC(C)=O. The number of methoxy groups -OCH3 is 1. The van der Waals surface area contributed by atoms with E-state index in [0.29, 0.717) is 22.5 Å². The second-order valence-corrected chi connectivity index (χ2v) is 6.44. The minimum absolute atomic E-state index is 0.178. The monoisotopic (exact) mass is 386 g/mol. The highest BCUT2D eigenvalue weighted by atomic mass is 16.6. The van der Waals surface area contributed by atoms with Crippen LogP contribution in [0.25, 0.3) is 33.4 Å². The van der Waals surface area contributed by atoms with Gasteiger partial charge < -0.3 is 14.5 Å². The minimum Gasteiger partial charge on any atom is -0.493 e. The molecule has 4 rings (SSSR count). The molecule has 0 aliphatic rings. The van der Waals surface area contributed by atoms with Crippen LogP contribution in [0.5, 0.6) is 11.5 Å². The van der Waals surface area contributed by atoms with Crippen molar-refractivity contribution in [2.45, 2.75) is 6.92 Å². The quantitative estimate of drug-likeness (QED) is 0.420. The molecular formula is C23H18N2O4. The van der Waals surface area contributed by atoms with Gasteiger partial charge in [-0.25, -0.2) is 4.98 Å². The zero-order valence-electron chi connectivity index (χ0n) is 15.9. The Labute approximate surface area is 166 Å². The molecule has 1 N–H and O–H groups in total. The summed E-state index contributed by atoms with van der Waals surface area (Å²) >= 11 is 0. The number of nitrogens with zero attached hydrogens (tertiary/aromatic N) is 1. The molecule has 6 nitrogen and oxygen atoms in total. The molecule has 144 valence electrons. The van der Waals surface area contributed by atoms with Gasteiger partial charge in [0.1, 0.15) is 5.82 Å². The normalized spacial score (nSPS) is 10.7. The fraction of sp³-hybridized carbons (Fsp3) is 0.0870. The maximum Gasteiger partial charge on any atom is 0.308 e. The summed E-state index contributed by atoms with van der Waals surface area (Å²) in [6, 6.07) is 20.7. The number of hydrogen-bond donors (Lipinski definition) is 1. The van der Waals surface area contributed by atoms with Crippen LogP contribution in [0.1, 0.15) is 6.92 Å². The van der Waals surface area contributed by atoms with E-state index in [2.05, 4.69) is 9.97 Å². The van der Waals surface area contributed by atoms with Gasteiger partial charge in [-0.3, -0.25) is 9.59 Å². The van der Waals surface area contributed by atoms with Crippen LogP contribution >= 0.6 is 0 Å². The molecule has 0 saturated heterocycles. The van der Waals surface area contributed by atoms with E-state index in [1.54, 1.807) is 6.07 Å². The number of benzene rings is 3. The zero-order chi connectivity index (χ0) is 20.4. The molecule has 3 aromatic carbocycles. The molecule has 4 aromatic rings. The molecule has 0 unspecified atom stereocenters. The first-order chi connectivity index (χ1) is 14.1. The van der Waals surface area contributed by atoms with Crippen LogP contribution in [0.3, 0.4) is 0 Å². The van der Waals surface area contributed by atoms with Crippen LogP contribution in [0.15, 0.2) is 71.5 Å². The van der Waals surface area contributed by atoms with Crippen LogP contribution in [0, 0.1) is 0 Å². The van der Waals surface area contributed by atoms with Gasteiger partial charge in [-0.2, -0.15) is 0 Å². The Kier molecular flexibility index (Phi) is 4.83.